The van der Waals surface area contributed by atoms with Gasteiger partial charge in [0.1, 0.15) is 23.0 Å². The van der Waals surface area contributed by atoms with Crippen LogP contribution in [0, 0.1) is 0 Å². The van der Waals surface area contributed by atoms with Crippen molar-refractivity contribution in [3.05, 3.63) is 97.1 Å². The molecule has 0 fully saturated rings. The lowest BCUT2D eigenvalue weighted by Gasteiger charge is -2.09. The van der Waals surface area contributed by atoms with Crippen LogP contribution in [-0.4, -0.2) is 25.2 Å². The molecule has 0 N–H and O–H groups in total. The van der Waals surface area contributed by atoms with E-state index in [4.69, 9.17) is 18.9 Å². The maximum atomic E-state index is 12.5. The highest BCUT2D eigenvalue weighted by atomic mass is 16.5. The SMILES string of the molecule is CCCCCCCCCCOc1ccc(-c2ccc(OC(=O)CCCCCCCCCCC(=O)Oc3ccc(-c4ccc(OCCCCCCCCCC)cc4)cc3)cc2)cc1. The van der Waals surface area contributed by atoms with Gasteiger partial charge in [-0.3, -0.25) is 9.59 Å². The molecule has 0 bridgehead atoms. The monoisotopic (exact) mass is 847 g/mol. The third kappa shape index (κ3) is 22.0. The van der Waals surface area contributed by atoms with Crippen molar-refractivity contribution in [2.45, 2.75) is 181 Å². The molecular formula is C56H78O6. The Morgan fingerprint density at radius 3 is 0.839 bits per heavy atom. The van der Waals surface area contributed by atoms with Gasteiger partial charge in [0.15, 0.2) is 0 Å². The second-order valence-corrected chi connectivity index (χ2v) is 17.0. The van der Waals surface area contributed by atoms with Crippen LogP contribution in [0.15, 0.2) is 97.1 Å². The van der Waals surface area contributed by atoms with E-state index >= 15 is 0 Å². The van der Waals surface area contributed by atoms with Gasteiger partial charge >= 0.3 is 11.9 Å². The number of unbranched alkanes of at least 4 members (excludes halogenated alkanes) is 21. The van der Waals surface area contributed by atoms with Crippen molar-refractivity contribution in [2.75, 3.05) is 13.2 Å². The van der Waals surface area contributed by atoms with Crippen LogP contribution in [0.5, 0.6) is 23.0 Å². The molecule has 6 heteroatoms. The predicted molar refractivity (Wildman–Crippen MR) is 257 cm³/mol. The summed E-state index contributed by atoms with van der Waals surface area (Å²) in [6.45, 7) is 6.05. The normalized spacial score (nSPS) is 11.1. The molecule has 0 aromatic heterocycles. The number of carbonyl (C=O) groups is 2. The second-order valence-electron chi connectivity index (χ2n) is 17.0. The minimum Gasteiger partial charge on any atom is -0.494 e. The molecule has 4 aromatic rings. The minimum atomic E-state index is -0.182. The number of rotatable bonds is 35. The summed E-state index contributed by atoms with van der Waals surface area (Å²) in [7, 11) is 0. The van der Waals surface area contributed by atoms with E-state index in [0.717, 1.165) is 111 Å². The van der Waals surface area contributed by atoms with E-state index in [-0.39, 0.29) is 11.9 Å². The van der Waals surface area contributed by atoms with Crippen molar-refractivity contribution in [3.8, 4) is 45.3 Å². The molecule has 0 saturated heterocycles. The highest BCUT2D eigenvalue weighted by Gasteiger charge is 2.08. The number of hydrogen-bond donors (Lipinski definition) is 0. The molecule has 4 rings (SSSR count). The summed E-state index contributed by atoms with van der Waals surface area (Å²) in [5.74, 6) is 2.61. The van der Waals surface area contributed by atoms with Crippen molar-refractivity contribution < 1.29 is 28.5 Å². The van der Waals surface area contributed by atoms with Crippen LogP contribution in [0.2, 0.25) is 0 Å². The summed E-state index contributed by atoms with van der Waals surface area (Å²) >= 11 is 0. The summed E-state index contributed by atoms with van der Waals surface area (Å²) in [5.41, 5.74) is 4.37. The third-order valence-corrected chi connectivity index (χ3v) is 11.6. The summed E-state index contributed by atoms with van der Waals surface area (Å²) in [5, 5.41) is 0. The van der Waals surface area contributed by atoms with E-state index in [1.807, 2.05) is 72.8 Å². The molecule has 0 radical (unpaired) electrons. The van der Waals surface area contributed by atoms with Crippen LogP contribution < -0.4 is 18.9 Å². The third-order valence-electron chi connectivity index (χ3n) is 11.6. The second kappa shape index (κ2) is 32.1. The lowest BCUT2D eigenvalue weighted by atomic mass is 10.1. The molecule has 0 saturated carbocycles. The molecule has 0 amide bonds. The Morgan fingerprint density at radius 2 is 0.548 bits per heavy atom. The largest absolute Gasteiger partial charge is 0.494 e. The fourth-order valence-electron chi connectivity index (χ4n) is 7.73. The lowest BCUT2D eigenvalue weighted by Crippen LogP contribution is -2.07. The quantitative estimate of drug-likeness (QED) is 0.0261. The van der Waals surface area contributed by atoms with Crippen LogP contribution in [0.25, 0.3) is 22.3 Å². The Labute approximate surface area is 375 Å². The minimum absolute atomic E-state index is 0.182. The van der Waals surface area contributed by atoms with Crippen molar-refractivity contribution in [1.82, 2.24) is 0 Å². The van der Waals surface area contributed by atoms with Crippen LogP contribution >= 0.6 is 0 Å². The van der Waals surface area contributed by atoms with Gasteiger partial charge in [0.05, 0.1) is 13.2 Å². The van der Waals surface area contributed by atoms with Crippen molar-refractivity contribution >= 4 is 11.9 Å². The molecule has 338 valence electrons. The molecule has 0 aliphatic carbocycles. The Kier molecular flexibility index (Phi) is 26.0. The Bertz CT molecular complexity index is 1600. The molecular weight excluding hydrogens is 769 g/mol. The highest BCUT2D eigenvalue weighted by molar-refractivity contribution is 5.74. The number of carbonyl (C=O) groups excluding carboxylic acids is 2. The van der Waals surface area contributed by atoms with E-state index in [1.165, 1.54) is 89.9 Å². The maximum absolute atomic E-state index is 12.5. The smallest absolute Gasteiger partial charge is 0.311 e. The first-order chi connectivity index (χ1) is 30.5. The van der Waals surface area contributed by atoms with Gasteiger partial charge in [-0.25, -0.2) is 0 Å². The number of hydrogen-bond acceptors (Lipinski definition) is 6. The molecule has 0 atom stereocenters. The van der Waals surface area contributed by atoms with Crippen LogP contribution in [0.4, 0.5) is 0 Å². The molecule has 6 nitrogen and oxygen atoms in total. The lowest BCUT2D eigenvalue weighted by molar-refractivity contribution is -0.135. The van der Waals surface area contributed by atoms with Gasteiger partial charge in [0.25, 0.3) is 0 Å². The summed E-state index contributed by atoms with van der Waals surface area (Å²) in [6.07, 6.45) is 29.7. The van der Waals surface area contributed by atoms with E-state index in [1.54, 1.807) is 0 Å². The van der Waals surface area contributed by atoms with Gasteiger partial charge < -0.3 is 18.9 Å². The Balaban J connectivity index is 0.961. The van der Waals surface area contributed by atoms with Crippen molar-refractivity contribution in [1.29, 1.82) is 0 Å². The van der Waals surface area contributed by atoms with Gasteiger partial charge in [-0.15, -0.1) is 0 Å². The van der Waals surface area contributed by atoms with Gasteiger partial charge in [-0.2, -0.15) is 0 Å². The predicted octanol–water partition coefficient (Wildman–Crippen LogP) is 16.5. The highest BCUT2D eigenvalue weighted by Crippen LogP contribution is 2.27. The molecule has 62 heavy (non-hydrogen) atoms. The topological polar surface area (TPSA) is 71.1 Å². The first-order valence-corrected chi connectivity index (χ1v) is 24.6. The molecule has 0 heterocycles. The fourth-order valence-corrected chi connectivity index (χ4v) is 7.73. The van der Waals surface area contributed by atoms with Gasteiger partial charge in [-0.05, 0) is 96.5 Å². The Morgan fingerprint density at radius 1 is 0.306 bits per heavy atom. The van der Waals surface area contributed by atoms with Crippen LogP contribution in [0.1, 0.15) is 181 Å². The molecule has 0 unspecified atom stereocenters. The first kappa shape index (κ1) is 50.1. The zero-order chi connectivity index (χ0) is 43.7. The number of esters is 2. The summed E-state index contributed by atoms with van der Waals surface area (Å²) < 4.78 is 23.1. The maximum Gasteiger partial charge on any atom is 0.311 e. The van der Waals surface area contributed by atoms with E-state index in [9.17, 15) is 9.59 Å². The fraction of sp³-hybridized carbons (Fsp3) is 0.536. The number of benzene rings is 4. The van der Waals surface area contributed by atoms with E-state index in [2.05, 4.69) is 38.1 Å². The molecule has 0 spiro atoms. The average Bonchev–Trinajstić information content (AvgIpc) is 3.29. The van der Waals surface area contributed by atoms with Crippen molar-refractivity contribution in [3.63, 3.8) is 0 Å². The van der Waals surface area contributed by atoms with Gasteiger partial charge in [0.2, 0.25) is 0 Å². The molecule has 4 aromatic carbocycles. The van der Waals surface area contributed by atoms with Crippen LogP contribution in [0.3, 0.4) is 0 Å². The standard InChI is InChI=1S/C56H78O6/c1-3-5-7-9-11-17-21-25-45-59-51-37-29-47(30-38-51)49-33-41-53(42-34-49)61-55(57)27-23-19-15-13-14-16-20-24-28-56(58)62-54-43-35-50(36-44-54)48-31-39-52(40-32-48)60-46-26-22-18-12-10-8-6-4-2/h29-44H,3-28,45-46H2,1-2H3. The zero-order valence-corrected chi connectivity index (χ0v) is 38.5. The van der Waals surface area contributed by atoms with Gasteiger partial charge in [0, 0.05) is 12.8 Å². The zero-order valence-electron chi connectivity index (χ0n) is 38.5. The average molecular weight is 847 g/mol. The molecule has 0 aliphatic rings. The van der Waals surface area contributed by atoms with Gasteiger partial charge in [-0.1, -0.05) is 191 Å². The number of ether oxygens (including phenoxy) is 4. The summed E-state index contributed by atoms with van der Waals surface area (Å²) in [4.78, 5) is 24.9. The molecule has 0 aliphatic heterocycles. The summed E-state index contributed by atoms with van der Waals surface area (Å²) in [6, 6.07) is 31.9. The van der Waals surface area contributed by atoms with Crippen LogP contribution in [-0.2, 0) is 9.59 Å². The first-order valence-electron chi connectivity index (χ1n) is 24.6. The Hall–Kier alpha value is -4.58. The van der Waals surface area contributed by atoms with E-state index in [0.29, 0.717) is 24.3 Å². The van der Waals surface area contributed by atoms with E-state index < -0.39 is 0 Å². The van der Waals surface area contributed by atoms with Crippen molar-refractivity contribution in [2.24, 2.45) is 0 Å².